The summed E-state index contributed by atoms with van der Waals surface area (Å²) >= 11 is 0. The van der Waals surface area contributed by atoms with Crippen molar-refractivity contribution in [2.24, 2.45) is 5.92 Å². The maximum Gasteiger partial charge on any atom is 0.243 e. The highest BCUT2D eigenvalue weighted by molar-refractivity contribution is 7.89. The van der Waals surface area contributed by atoms with E-state index in [2.05, 4.69) is 9.88 Å². The van der Waals surface area contributed by atoms with Gasteiger partial charge in [0.15, 0.2) is 0 Å². The fourth-order valence-electron chi connectivity index (χ4n) is 5.58. The van der Waals surface area contributed by atoms with Crippen LogP contribution in [-0.2, 0) is 14.8 Å². The van der Waals surface area contributed by atoms with Crippen LogP contribution in [0.2, 0.25) is 0 Å². The molecule has 7 heteroatoms. The summed E-state index contributed by atoms with van der Waals surface area (Å²) in [7, 11) is -3.57. The number of pyridine rings is 1. The Morgan fingerprint density at radius 3 is 2.18 bits per heavy atom. The predicted octanol–water partition coefficient (Wildman–Crippen LogP) is 4.55. The zero-order valence-corrected chi connectivity index (χ0v) is 20.8. The molecule has 1 aromatic carbocycles. The number of hydrogen-bond donors (Lipinski definition) is 0. The van der Waals surface area contributed by atoms with E-state index in [0.29, 0.717) is 30.8 Å². The Morgan fingerprint density at radius 1 is 0.909 bits per heavy atom. The fourth-order valence-corrected chi connectivity index (χ4v) is 7.47. The summed E-state index contributed by atoms with van der Waals surface area (Å²) in [5.74, 6) is 0.0533. The molecule has 178 valence electrons. The summed E-state index contributed by atoms with van der Waals surface area (Å²) < 4.78 is 28.4. The largest absolute Gasteiger partial charge is 0.335 e. The minimum absolute atomic E-state index is 0.0858. The Kier molecular flexibility index (Phi) is 7.19. The lowest BCUT2D eigenvalue weighted by atomic mass is 9.94. The van der Waals surface area contributed by atoms with E-state index in [0.717, 1.165) is 54.5 Å². The first-order valence-corrected chi connectivity index (χ1v) is 13.5. The second kappa shape index (κ2) is 9.94. The highest BCUT2D eigenvalue weighted by Crippen LogP contribution is 2.34. The average molecular weight is 470 g/mol. The van der Waals surface area contributed by atoms with Crippen molar-refractivity contribution in [1.29, 1.82) is 0 Å². The van der Waals surface area contributed by atoms with E-state index >= 15 is 0 Å². The number of likely N-dealkylation sites (tertiary alicyclic amines) is 1. The molecule has 2 saturated heterocycles. The lowest BCUT2D eigenvalue weighted by molar-refractivity contribution is -0.139. The van der Waals surface area contributed by atoms with Gasteiger partial charge < -0.3 is 4.90 Å². The summed E-state index contributed by atoms with van der Waals surface area (Å²) in [6.07, 6.45) is 8.97. The third-order valence-electron chi connectivity index (χ3n) is 7.13. The molecule has 2 aromatic rings. The van der Waals surface area contributed by atoms with Gasteiger partial charge in [0.2, 0.25) is 15.9 Å². The number of hydrogen-bond acceptors (Lipinski definition) is 4. The van der Waals surface area contributed by atoms with Crippen molar-refractivity contribution in [3.63, 3.8) is 0 Å². The monoisotopic (exact) mass is 469 g/mol. The molecule has 1 unspecified atom stereocenters. The molecule has 6 nitrogen and oxygen atoms in total. The van der Waals surface area contributed by atoms with Gasteiger partial charge in [-0.1, -0.05) is 30.5 Å². The molecule has 33 heavy (non-hydrogen) atoms. The van der Waals surface area contributed by atoms with Crippen LogP contribution in [0.15, 0.2) is 41.6 Å². The number of aromatic nitrogens is 1. The van der Waals surface area contributed by atoms with Crippen LogP contribution in [0, 0.1) is 26.7 Å². The van der Waals surface area contributed by atoms with E-state index < -0.39 is 10.0 Å². The van der Waals surface area contributed by atoms with Gasteiger partial charge in [0.1, 0.15) is 0 Å². The first-order valence-electron chi connectivity index (χ1n) is 12.1. The lowest BCUT2D eigenvalue weighted by Gasteiger charge is -2.37. The summed E-state index contributed by atoms with van der Waals surface area (Å²) in [5.41, 5.74) is 3.78. The number of sulfonamides is 1. The summed E-state index contributed by atoms with van der Waals surface area (Å²) in [6.45, 7) is 7.25. The molecule has 1 aromatic heterocycles. The molecule has 2 fully saturated rings. The van der Waals surface area contributed by atoms with Crippen LogP contribution in [0.3, 0.4) is 0 Å². The number of amides is 1. The summed E-state index contributed by atoms with van der Waals surface area (Å²) in [4.78, 5) is 20.2. The number of nitrogens with zero attached hydrogens (tertiary/aromatic N) is 3. The van der Waals surface area contributed by atoms with Crippen molar-refractivity contribution >= 4 is 15.9 Å². The van der Waals surface area contributed by atoms with Crippen LogP contribution >= 0.6 is 0 Å². The van der Waals surface area contributed by atoms with Crippen molar-refractivity contribution in [2.45, 2.75) is 70.2 Å². The van der Waals surface area contributed by atoms with E-state index in [1.165, 1.54) is 0 Å². The van der Waals surface area contributed by atoms with Gasteiger partial charge in [0, 0.05) is 37.9 Å². The zero-order chi connectivity index (χ0) is 23.6. The van der Waals surface area contributed by atoms with Crippen molar-refractivity contribution in [3.05, 3.63) is 58.9 Å². The summed E-state index contributed by atoms with van der Waals surface area (Å²) in [5, 5.41) is 0. The topological polar surface area (TPSA) is 70.6 Å². The van der Waals surface area contributed by atoms with Gasteiger partial charge in [-0.25, -0.2) is 8.42 Å². The minimum atomic E-state index is -3.57. The fraction of sp³-hybridized carbons (Fsp3) is 0.538. The molecule has 3 heterocycles. The van der Waals surface area contributed by atoms with Gasteiger partial charge in [-0.2, -0.15) is 4.31 Å². The maximum absolute atomic E-state index is 13.6. The smallest absolute Gasteiger partial charge is 0.243 e. The van der Waals surface area contributed by atoms with Crippen molar-refractivity contribution in [3.8, 4) is 0 Å². The first kappa shape index (κ1) is 23.9. The van der Waals surface area contributed by atoms with E-state index in [-0.39, 0.29) is 17.9 Å². The van der Waals surface area contributed by atoms with Gasteiger partial charge in [-0.05, 0) is 75.3 Å². The highest BCUT2D eigenvalue weighted by atomic mass is 32.2. The van der Waals surface area contributed by atoms with Crippen LogP contribution in [0.4, 0.5) is 0 Å². The molecule has 0 N–H and O–H groups in total. The third kappa shape index (κ3) is 4.99. The Labute approximate surface area is 198 Å². The Balaban J connectivity index is 1.48. The molecule has 1 amide bonds. The SMILES string of the molecule is Cc1cc(C)c(S(=O)(=O)N2CCC(C(=O)N3CCCCCC3c3ccncc3)CC2)c(C)c1. The normalized spacial score (nSPS) is 21.1. The second-order valence-corrected chi connectivity index (χ2v) is 11.5. The quantitative estimate of drug-likeness (QED) is 0.659. The van der Waals surface area contributed by atoms with Crippen molar-refractivity contribution in [1.82, 2.24) is 14.2 Å². The molecule has 0 bridgehead atoms. The van der Waals surface area contributed by atoms with Crippen molar-refractivity contribution in [2.75, 3.05) is 19.6 Å². The summed E-state index contributed by atoms with van der Waals surface area (Å²) in [6, 6.07) is 7.96. The molecular weight excluding hydrogens is 434 g/mol. The standard InChI is InChI=1S/C26H35N3O3S/c1-19-17-20(2)25(21(3)18-19)33(31,32)28-15-10-23(11-16-28)26(30)29-14-6-4-5-7-24(29)22-8-12-27-13-9-22/h8-9,12-13,17-18,23-24H,4-7,10-11,14-16H2,1-3H3. The Bertz CT molecular complexity index is 1070. The van der Waals surface area contributed by atoms with Crippen LogP contribution < -0.4 is 0 Å². The molecule has 2 aliphatic heterocycles. The third-order valence-corrected chi connectivity index (χ3v) is 9.34. The molecular formula is C26H35N3O3S. The number of benzene rings is 1. The van der Waals surface area contributed by atoms with Crippen LogP contribution in [-0.4, -0.2) is 48.1 Å². The van der Waals surface area contributed by atoms with Crippen LogP contribution in [0.25, 0.3) is 0 Å². The predicted molar refractivity (Wildman–Crippen MR) is 129 cm³/mol. The molecule has 0 aliphatic carbocycles. The molecule has 4 rings (SSSR count). The van der Waals surface area contributed by atoms with Gasteiger partial charge in [-0.15, -0.1) is 0 Å². The van der Waals surface area contributed by atoms with E-state index in [1.807, 2.05) is 45.0 Å². The lowest BCUT2D eigenvalue weighted by Crippen LogP contribution is -2.45. The molecule has 0 saturated carbocycles. The molecule has 2 aliphatic rings. The maximum atomic E-state index is 13.6. The van der Waals surface area contributed by atoms with Crippen LogP contribution in [0.5, 0.6) is 0 Å². The minimum Gasteiger partial charge on any atom is -0.335 e. The van der Waals surface area contributed by atoms with Gasteiger partial charge >= 0.3 is 0 Å². The molecule has 1 atom stereocenters. The first-order chi connectivity index (χ1) is 15.8. The molecule has 0 radical (unpaired) electrons. The highest BCUT2D eigenvalue weighted by Gasteiger charge is 2.37. The number of aryl methyl sites for hydroxylation is 3. The van der Waals surface area contributed by atoms with Gasteiger partial charge in [0.25, 0.3) is 0 Å². The number of carbonyl (C=O) groups excluding carboxylic acids is 1. The zero-order valence-electron chi connectivity index (χ0n) is 20.0. The molecule has 0 spiro atoms. The Morgan fingerprint density at radius 2 is 1.55 bits per heavy atom. The number of carbonyl (C=O) groups is 1. The number of piperidine rings is 1. The van der Waals surface area contributed by atoms with E-state index in [9.17, 15) is 13.2 Å². The number of rotatable bonds is 4. The Hall–Kier alpha value is -2.25. The average Bonchev–Trinajstić information content (AvgIpc) is 3.04. The van der Waals surface area contributed by atoms with Crippen LogP contribution in [0.1, 0.15) is 66.8 Å². The van der Waals surface area contributed by atoms with Gasteiger partial charge in [0.05, 0.1) is 10.9 Å². The van der Waals surface area contributed by atoms with E-state index in [4.69, 9.17) is 0 Å². The van der Waals surface area contributed by atoms with Gasteiger partial charge in [-0.3, -0.25) is 9.78 Å². The van der Waals surface area contributed by atoms with E-state index in [1.54, 1.807) is 16.7 Å². The van der Waals surface area contributed by atoms with Crippen molar-refractivity contribution < 1.29 is 13.2 Å². The second-order valence-electron chi connectivity index (χ2n) is 9.58.